The number of unbranched alkanes of at least 4 members (excludes halogenated alkanes) is 1. The van der Waals surface area contributed by atoms with Crippen LogP contribution in [0.15, 0.2) is 56.7 Å². The second kappa shape index (κ2) is 12.8. The van der Waals surface area contributed by atoms with Crippen molar-refractivity contribution in [2.75, 3.05) is 13.2 Å². The molecule has 8 nitrogen and oxygen atoms in total. The van der Waals surface area contributed by atoms with Crippen LogP contribution in [0.3, 0.4) is 0 Å². The lowest BCUT2D eigenvalue weighted by Crippen LogP contribution is -2.42. The van der Waals surface area contributed by atoms with E-state index in [2.05, 4.69) is 25.4 Å². The minimum Gasteiger partial charge on any atom is -0.465 e. The van der Waals surface area contributed by atoms with E-state index in [-0.39, 0.29) is 29.4 Å². The maximum absolute atomic E-state index is 13.0. The summed E-state index contributed by atoms with van der Waals surface area (Å²) in [6.07, 6.45) is 1.49. The highest BCUT2D eigenvalue weighted by Gasteiger charge is 2.28. The largest absolute Gasteiger partial charge is 0.465 e. The molecule has 0 heterocycles. The first-order chi connectivity index (χ1) is 16.0. The summed E-state index contributed by atoms with van der Waals surface area (Å²) in [5.41, 5.74) is 1.58. The Kier molecular flexibility index (Phi) is 10.7. The molecule has 0 spiro atoms. The molecule has 2 aromatic carbocycles. The van der Waals surface area contributed by atoms with E-state index < -0.39 is 32.1 Å². The molecule has 0 aliphatic carbocycles. The van der Waals surface area contributed by atoms with Gasteiger partial charge in [0.15, 0.2) is 0 Å². The van der Waals surface area contributed by atoms with Gasteiger partial charge in [-0.15, -0.1) is 0 Å². The van der Waals surface area contributed by atoms with Gasteiger partial charge in [-0.25, -0.2) is 21.6 Å². The fraction of sp³-hybridized carbons (Fsp3) is 0.435. The summed E-state index contributed by atoms with van der Waals surface area (Å²) in [5, 5.41) is 0. The Morgan fingerprint density at radius 1 is 1.00 bits per heavy atom. The topological polar surface area (TPSA) is 119 Å². The summed E-state index contributed by atoms with van der Waals surface area (Å²) in [5.74, 6) is -0.665. The van der Waals surface area contributed by atoms with Crippen LogP contribution in [0.25, 0.3) is 0 Å². The Labute approximate surface area is 210 Å². The Morgan fingerprint density at radius 2 is 1.68 bits per heavy atom. The third-order valence-corrected chi connectivity index (χ3v) is 8.65. The molecule has 2 N–H and O–H groups in total. The number of sulfonamides is 2. The third kappa shape index (κ3) is 8.16. The van der Waals surface area contributed by atoms with E-state index >= 15 is 0 Å². The molecule has 34 heavy (non-hydrogen) atoms. The first-order valence-corrected chi connectivity index (χ1v) is 14.8. The van der Waals surface area contributed by atoms with E-state index in [4.69, 9.17) is 4.74 Å². The fourth-order valence-corrected chi connectivity index (χ4v) is 6.28. The van der Waals surface area contributed by atoms with Crippen molar-refractivity contribution in [3.8, 4) is 0 Å². The summed E-state index contributed by atoms with van der Waals surface area (Å²) >= 11 is 3.34. The highest BCUT2D eigenvalue weighted by Crippen LogP contribution is 2.22. The second-order valence-electron chi connectivity index (χ2n) is 7.74. The Balaban J connectivity index is 2.01. The van der Waals surface area contributed by atoms with Gasteiger partial charge in [-0.2, -0.15) is 4.72 Å². The smallest absolute Gasteiger partial charge is 0.324 e. The van der Waals surface area contributed by atoms with Gasteiger partial charge in [0, 0.05) is 11.0 Å². The first kappa shape index (κ1) is 28.4. The van der Waals surface area contributed by atoms with Gasteiger partial charge >= 0.3 is 5.97 Å². The molecule has 11 heteroatoms. The van der Waals surface area contributed by atoms with Crippen molar-refractivity contribution >= 4 is 41.9 Å². The fourth-order valence-electron chi connectivity index (χ4n) is 3.29. The van der Waals surface area contributed by atoms with Crippen molar-refractivity contribution in [3.63, 3.8) is 0 Å². The normalized spacial score (nSPS) is 12.9. The number of aryl methyl sites for hydroxylation is 2. The lowest BCUT2D eigenvalue weighted by molar-refractivity contribution is -0.145. The zero-order chi connectivity index (χ0) is 25.4. The molecule has 188 valence electrons. The molecule has 0 bridgehead atoms. The molecule has 2 rings (SSSR count). The quantitative estimate of drug-likeness (QED) is 0.278. The highest BCUT2D eigenvalue weighted by molar-refractivity contribution is 9.10. The molecular weight excluding hydrogens is 544 g/mol. The van der Waals surface area contributed by atoms with Gasteiger partial charge in [0.05, 0.1) is 16.4 Å². The molecule has 0 amide bonds. The lowest BCUT2D eigenvalue weighted by Gasteiger charge is -2.19. The molecule has 1 unspecified atom stereocenters. The van der Waals surface area contributed by atoms with Gasteiger partial charge in [0.2, 0.25) is 20.0 Å². The van der Waals surface area contributed by atoms with Crippen molar-refractivity contribution in [3.05, 3.63) is 58.1 Å². The molecule has 1 atom stereocenters. The monoisotopic (exact) mass is 574 g/mol. The number of rotatable bonds is 13. The van der Waals surface area contributed by atoms with Gasteiger partial charge in [0.25, 0.3) is 0 Å². The third-order valence-electron chi connectivity index (χ3n) is 5.10. The van der Waals surface area contributed by atoms with Crippen molar-refractivity contribution in [1.29, 1.82) is 0 Å². The summed E-state index contributed by atoms with van der Waals surface area (Å²) in [6.45, 7) is 5.64. The summed E-state index contributed by atoms with van der Waals surface area (Å²) in [7, 11) is -7.61. The van der Waals surface area contributed by atoms with Gasteiger partial charge in [-0.05, 0) is 75.4 Å². The summed E-state index contributed by atoms with van der Waals surface area (Å²) < 4.78 is 61.6. The molecule has 0 radical (unpaired) electrons. The lowest BCUT2D eigenvalue weighted by atomic mass is 10.1. The van der Waals surface area contributed by atoms with E-state index in [1.165, 1.54) is 18.2 Å². The number of carbonyl (C=O) groups is 1. The van der Waals surface area contributed by atoms with Crippen molar-refractivity contribution in [2.24, 2.45) is 0 Å². The van der Waals surface area contributed by atoms with Crippen LogP contribution in [-0.2, 0) is 36.0 Å². The van der Waals surface area contributed by atoms with Gasteiger partial charge < -0.3 is 4.74 Å². The number of ether oxygens (including phenoxy) is 1. The van der Waals surface area contributed by atoms with E-state index in [1.807, 2.05) is 13.8 Å². The van der Waals surface area contributed by atoms with Crippen molar-refractivity contribution in [1.82, 2.24) is 9.44 Å². The predicted molar refractivity (Wildman–Crippen MR) is 134 cm³/mol. The van der Waals surface area contributed by atoms with E-state index in [0.717, 1.165) is 10.0 Å². The van der Waals surface area contributed by atoms with Gasteiger partial charge in [0.1, 0.15) is 6.04 Å². The van der Waals surface area contributed by atoms with Crippen LogP contribution in [-0.4, -0.2) is 42.0 Å². The number of nitrogens with one attached hydrogen (secondary N) is 2. The molecular formula is C23H31BrN2O6S2. The van der Waals surface area contributed by atoms with Crippen molar-refractivity contribution in [2.45, 2.75) is 62.3 Å². The maximum atomic E-state index is 13.0. The Hall–Kier alpha value is -1.79. The molecule has 0 aliphatic heterocycles. The van der Waals surface area contributed by atoms with Crippen LogP contribution in [0.1, 0.15) is 44.2 Å². The number of benzene rings is 2. The first-order valence-electron chi connectivity index (χ1n) is 11.0. The molecule has 0 fully saturated rings. The van der Waals surface area contributed by atoms with Crippen LogP contribution in [0.2, 0.25) is 0 Å². The molecule has 0 saturated carbocycles. The van der Waals surface area contributed by atoms with Crippen molar-refractivity contribution < 1.29 is 26.4 Å². The van der Waals surface area contributed by atoms with Crippen LogP contribution >= 0.6 is 15.9 Å². The predicted octanol–water partition coefficient (Wildman–Crippen LogP) is 3.68. The zero-order valence-corrected chi connectivity index (χ0v) is 22.7. The van der Waals surface area contributed by atoms with Crippen LogP contribution in [0, 0.1) is 6.92 Å². The Bertz CT molecular complexity index is 1180. The van der Waals surface area contributed by atoms with Gasteiger partial charge in [-0.3, -0.25) is 4.79 Å². The maximum Gasteiger partial charge on any atom is 0.324 e. The van der Waals surface area contributed by atoms with E-state index in [1.54, 1.807) is 31.2 Å². The van der Waals surface area contributed by atoms with Crippen LogP contribution < -0.4 is 9.44 Å². The standard InChI is InChI=1S/C23H31BrN2O6S2/c1-4-18-16-19(24)11-14-22(18)34(30,31)26-21(23(27)32-5-2)8-6-7-15-25-33(28,29)20-12-9-17(3)10-13-20/h9-14,16,21,25-26H,4-8,15H2,1-3H3. The number of carbonyl (C=O) groups excluding carboxylic acids is 1. The molecule has 0 aromatic heterocycles. The summed E-state index contributed by atoms with van der Waals surface area (Å²) in [4.78, 5) is 12.7. The Morgan fingerprint density at radius 3 is 2.29 bits per heavy atom. The number of halogens is 1. The zero-order valence-electron chi connectivity index (χ0n) is 19.5. The SMILES string of the molecule is CCOC(=O)C(CCCCNS(=O)(=O)c1ccc(C)cc1)NS(=O)(=O)c1ccc(Br)cc1CC. The summed E-state index contributed by atoms with van der Waals surface area (Å²) in [6, 6.07) is 10.3. The van der Waals surface area contributed by atoms with E-state index in [0.29, 0.717) is 24.8 Å². The molecule has 0 saturated heterocycles. The van der Waals surface area contributed by atoms with Crippen LogP contribution in [0.5, 0.6) is 0 Å². The number of hydrogen-bond acceptors (Lipinski definition) is 6. The number of esters is 1. The number of hydrogen-bond donors (Lipinski definition) is 2. The van der Waals surface area contributed by atoms with Gasteiger partial charge in [-0.1, -0.05) is 40.5 Å². The van der Waals surface area contributed by atoms with E-state index in [9.17, 15) is 21.6 Å². The molecule has 0 aliphatic rings. The average molecular weight is 576 g/mol. The average Bonchev–Trinajstić information content (AvgIpc) is 2.78. The second-order valence-corrected chi connectivity index (χ2v) is 12.1. The van der Waals surface area contributed by atoms with Crippen LogP contribution in [0.4, 0.5) is 0 Å². The minimum absolute atomic E-state index is 0.110. The highest BCUT2D eigenvalue weighted by atomic mass is 79.9. The minimum atomic E-state index is -3.97. The molecule has 2 aromatic rings.